The Bertz CT molecular complexity index is 1390. The first-order chi connectivity index (χ1) is 19.1. The average molecular weight is 653 g/mol. The second-order valence-electron chi connectivity index (χ2n) is 11.2. The van der Waals surface area contributed by atoms with Gasteiger partial charge in [-0.3, -0.25) is 4.90 Å². The minimum Gasteiger partial charge on any atom is -0.495 e. The van der Waals surface area contributed by atoms with Gasteiger partial charge in [0.2, 0.25) is 0 Å². The Morgan fingerprint density at radius 1 is 1.30 bits per heavy atom. The van der Waals surface area contributed by atoms with Gasteiger partial charge in [0.15, 0.2) is 0 Å². The summed E-state index contributed by atoms with van der Waals surface area (Å²) in [6.45, 7) is 5.81. The van der Waals surface area contributed by atoms with Crippen LogP contribution in [0.5, 0.6) is 11.5 Å². The summed E-state index contributed by atoms with van der Waals surface area (Å²) in [6.07, 6.45) is 4.81. The molecule has 0 aromatic heterocycles. The topological polar surface area (TPSA) is 100 Å². The van der Waals surface area contributed by atoms with E-state index < -0.39 is 10.0 Å². The van der Waals surface area contributed by atoms with Gasteiger partial charge in [0.05, 0.1) is 18.6 Å². The van der Waals surface area contributed by atoms with Crippen molar-refractivity contribution in [1.29, 1.82) is 0 Å². The molecular weight excluding hydrogens is 614 g/mol. The first-order valence-corrected chi connectivity index (χ1v) is 17.4. The number of hydrogen-bond donors (Lipinski definition) is 2. The van der Waals surface area contributed by atoms with Crippen LogP contribution >= 0.6 is 27.7 Å². The Balaban J connectivity index is 1.50. The molecule has 1 aliphatic carbocycles. The van der Waals surface area contributed by atoms with Gasteiger partial charge in [0.25, 0.3) is 10.0 Å². The molecule has 1 saturated carbocycles. The van der Waals surface area contributed by atoms with Crippen molar-refractivity contribution in [3.8, 4) is 11.5 Å². The van der Waals surface area contributed by atoms with Crippen LogP contribution in [0.4, 0.5) is 0 Å². The summed E-state index contributed by atoms with van der Waals surface area (Å²) in [5, 5.41) is 15.0. The zero-order chi connectivity index (χ0) is 28.7. The van der Waals surface area contributed by atoms with E-state index in [1.165, 1.54) is 11.1 Å². The zero-order valence-corrected chi connectivity index (χ0v) is 26.7. The number of hydrogen-bond acceptors (Lipinski definition) is 8. The highest BCUT2D eigenvalue weighted by Crippen LogP contribution is 2.60. The lowest BCUT2D eigenvalue weighted by molar-refractivity contribution is 0.0419. The Hall–Kier alpha value is -1.79. The number of aliphatic hydroxyl groups excluding tert-OH is 1. The summed E-state index contributed by atoms with van der Waals surface area (Å²) in [4.78, 5) is 5.06. The molecule has 1 spiro atoms. The summed E-state index contributed by atoms with van der Waals surface area (Å²) in [6, 6.07) is 8.82. The van der Waals surface area contributed by atoms with Crippen LogP contribution in [-0.4, -0.2) is 68.6 Å². The Kier molecular flexibility index (Phi) is 8.78. The summed E-state index contributed by atoms with van der Waals surface area (Å²) in [7, 11) is -2.12. The molecule has 5 rings (SSSR count). The molecule has 3 aliphatic rings. The number of thioether (sulfide) groups is 1. The third kappa shape index (κ3) is 5.28. The molecule has 4 atom stereocenters. The highest BCUT2D eigenvalue weighted by molar-refractivity contribution is 9.10. The zero-order valence-electron chi connectivity index (χ0n) is 23.4. The number of methoxy groups -OCH3 is 1. The predicted molar refractivity (Wildman–Crippen MR) is 163 cm³/mol. The number of nitrogens with zero attached hydrogens (tertiary/aromatic N) is 2. The second-order valence-corrected chi connectivity index (χ2v) is 14.6. The first kappa shape index (κ1) is 29.7. The van der Waals surface area contributed by atoms with Crippen LogP contribution in [-0.2, 0) is 22.0 Å². The van der Waals surface area contributed by atoms with E-state index in [-0.39, 0.29) is 35.0 Å². The third-order valence-electron chi connectivity index (χ3n) is 8.75. The number of aliphatic hydroxyl groups is 1. The van der Waals surface area contributed by atoms with Crippen molar-refractivity contribution in [1.82, 2.24) is 9.73 Å². The molecule has 2 aromatic carbocycles. The molecule has 2 N–H and O–H groups in total. The molecule has 2 aliphatic heterocycles. The van der Waals surface area contributed by atoms with Gasteiger partial charge >= 0.3 is 0 Å². The number of hydrazone groups is 1. The maximum atomic E-state index is 12.9. The van der Waals surface area contributed by atoms with Crippen molar-refractivity contribution in [2.75, 3.05) is 32.3 Å². The minimum atomic E-state index is -3.78. The minimum absolute atomic E-state index is 0.0166. The first-order valence-electron chi connectivity index (χ1n) is 13.7. The smallest absolute Gasteiger partial charge is 0.276 e. The van der Waals surface area contributed by atoms with Crippen LogP contribution in [0.1, 0.15) is 49.3 Å². The standard InChI is InChI=1S/C29H38BrN3O5S2/c1-18-6-8-23(9-7-18)40(35,36)32-31-21-12-19(2)29-15-22(17-34)33(10-5-11-39-4)16-20-13-24(37-3)27(30)28(26(20)29)38-25(29)14-21/h6-9,13,19,22,25,32,34H,5,10-12,14-17H2,1-4H3/b31-21+/t19-,22+,25-,29+/m1/s1. The molecule has 11 heteroatoms. The van der Waals surface area contributed by atoms with Gasteiger partial charge in [-0.25, -0.2) is 4.83 Å². The number of ether oxygens (including phenoxy) is 2. The van der Waals surface area contributed by atoms with Gasteiger partial charge in [0, 0.05) is 35.7 Å². The highest BCUT2D eigenvalue weighted by Gasteiger charge is 2.59. The summed E-state index contributed by atoms with van der Waals surface area (Å²) < 4.78 is 39.1. The van der Waals surface area contributed by atoms with Crippen molar-refractivity contribution in [3.05, 3.63) is 51.5 Å². The Morgan fingerprint density at radius 2 is 2.05 bits per heavy atom. The van der Waals surface area contributed by atoms with Crippen LogP contribution in [0.25, 0.3) is 0 Å². The van der Waals surface area contributed by atoms with Gasteiger partial charge in [-0.1, -0.05) is 24.6 Å². The number of sulfonamides is 1. The maximum absolute atomic E-state index is 12.9. The number of halogens is 1. The molecule has 40 heavy (non-hydrogen) atoms. The van der Waals surface area contributed by atoms with E-state index in [0.717, 1.165) is 52.4 Å². The normalized spacial score (nSPS) is 27.1. The fraction of sp³-hybridized carbons (Fsp3) is 0.552. The van der Waals surface area contributed by atoms with Crippen molar-refractivity contribution in [2.24, 2.45) is 11.0 Å². The summed E-state index contributed by atoms with van der Waals surface area (Å²) in [5.74, 6) is 2.70. The van der Waals surface area contributed by atoms with E-state index in [4.69, 9.17) is 9.47 Å². The third-order valence-corrected chi connectivity index (χ3v) is 11.4. The largest absolute Gasteiger partial charge is 0.495 e. The van der Waals surface area contributed by atoms with E-state index in [1.807, 2.05) is 18.7 Å². The van der Waals surface area contributed by atoms with Gasteiger partial charge < -0.3 is 14.6 Å². The van der Waals surface area contributed by atoms with Crippen molar-refractivity contribution in [3.63, 3.8) is 0 Å². The molecule has 0 amide bonds. The van der Waals surface area contributed by atoms with E-state index in [9.17, 15) is 13.5 Å². The molecule has 218 valence electrons. The molecule has 0 bridgehead atoms. The monoisotopic (exact) mass is 651 g/mol. The van der Waals surface area contributed by atoms with Crippen molar-refractivity contribution >= 4 is 43.4 Å². The number of benzene rings is 2. The molecular formula is C29H38BrN3O5S2. The van der Waals surface area contributed by atoms with Gasteiger partial charge in [0.1, 0.15) is 22.1 Å². The lowest BCUT2D eigenvalue weighted by Crippen LogP contribution is -2.53. The van der Waals surface area contributed by atoms with Crippen LogP contribution in [0.2, 0.25) is 0 Å². The van der Waals surface area contributed by atoms with Crippen molar-refractivity contribution in [2.45, 2.75) is 68.5 Å². The summed E-state index contributed by atoms with van der Waals surface area (Å²) in [5.41, 5.74) is 3.78. The van der Waals surface area contributed by atoms with Crippen LogP contribution in [0.3, 0.4) is 0 Å². The van der Waals surface area contributed by atoms with Crippen molar-refractivity contribution < 1.29 is 23.0 Å². The lowest BCUT2D eigenvalue weighted by atomic mass is 9.59. The summed E-state index contributed by atoms with van der Waals surface area (Å²) >= 11 is 5.58. The molecule has 0 radical (unpaired) electrons. The molecule has 1 fully saturated rings. The van der Waals surface area contributed by atoms with E-state index in [1.54, 1.807) is 31.4 Å². The van der Waals surface area contributed by atoms with Crippen LogP contribution in [0, 0.1) is 12.8 Å². The fourth-order valence-corrected chi connectivity index (χ4v) is 8.56. The molecule has 0 saturated heterocycles. The molecule has 0 unspecified atom stereocenters. The number of rotatable bonds is 9. The van der Waals surface area contributed by atoms with Gasteiger partial charge in [-0.15, -0.1) is 0 Å². The number of nitrogens with one attached hydrogen (secondary N) is 1. The number of aryl methyl sites for hydroxylation is 1. The maximum Gasteiger partial charge on any atom is 0.276 e. The van der Waals surface area contributed by atoms with Gasteiger partial charge in [-0.05, 0) is 90.3 Å². The highest BCUT2D eigenvalue weighted by atomic mass is 79.9. The molecule has 8 nitrogen and oxygen atoms in total. The van der Waals surface area contributed by atoms with E-state index in [2.05, 4.69) is 50.0 Å². The Labute approximate surface area is 250 Å². The quantitative estimate of drug-likeness (QED) is 0.295. The van der Waals surface area contributed by atoms with E-state index in [0.29, 0.717) is 19.4 Å². The predicted octanol–water partition coefficient (Wildman–Crippen LogP) is 4.85. The SMILES string of the molecule is COc1cc2c3c(c1Br)O[C@@H]1C/C(=N/NS(=O)(=O)c4ccc(C)cc4)C[C@@H](C)[C@]31C[C@@H](CO)N(CCCSC)C2. The van der Waals surface area contributed by atoms with Crippen LogP contribution < -0.4 is 14.3 Å². The van der Waals surface area contributed by atoms with Gasteiger partial charge in [-0.2, -0.15) is 25.3 Å². The Morgan fingerprint density at radius 3 is 2.73 bits per heavy atom. The molecule has 2 aromatic rings. The lowest BCUT2D eigenvalue weighted by Gasteiger charge is -2.45. The second kappa shape index (κ2) is 11.8. The van der Waals surface area contributed by atoms with Crippen LogP contribution in [0.15, 0.2) is 44.8 Å². The average Bonchev–Trinajstić information content (AvgIpc) is 3.20. The fourth-order valence-electron chi connectivity index (χ4n) is 6.73. The van der Waals surface area contributed by atoms with E-state index >= 15 is 0 Å². The molecule has 2 heterocycles.